The average molecular weight is 544 g/mol. The fraction of sp³-hybridized carbons (Fsp3) is 0.704. The molecule has 0 aliphatic carbocycles. The molecule has 1 aliphatic rings. The maximum absolute atomic E-state index is 10.4. The van der Waals surface area contributed by atoms with Gasteiger partial charge in [0.15, 0.2) is 0 Å². The van der Waals surface area contributed by atoms with Crippen LogP contribution in [0.1, 0.15) is 96.8 Å². The Kier molecular flexibility index (Phi) is 16.9. The molecule has 1 saturated heterocycles. The van der Waals surface area contributed by atoms with E-state index in [1.54, 1.807) is 18.2 Å². The first-order chi connectivity index (χ1) is 15.9. The summed E-state index contributed by atoms with van der Waals surface area (Å²) in [6.07, 6.45) is 20.1. The minimum Gasteiger partial charge on any atom is -0.313 e. The van der Waals surface area contributed by atoms with Crippen molar-refractivity contribution in [3.63, 3.8) is 0 Å². The van der Waals surface area contributed by atoms with Crippen LogP contribution >= 0.6 is 15.9 Å². The molecule has 0 atom stereocenters. The predicted molar refractivity (Wildman–Crippen MR) is 143 cm³/mol. The lowest BCUT2D eigenvalue weighted by atomic mass is 10.1. The summed E-state index contributed by atoms with van der Waals surface area (Å²) in [6.45, 7) is 7.43. The molecule has 0 spiro atoms. The quantitative estimate of drug-likeness (QED) is 0.107. The lowest BCUT2D eigenvalue weighted by Gasteiger charge is -2.32. The lowest BCUT2D eigenvalue weighted by Crippen LogP contribution is -2.46. The second-order valence-corrected chi connectivity index (χ2v) is 11.1. The number of quaternary nitrogens is 1. The molecule has 6 heteroatoms. The van der Waals surface area contributed by atoms with Crippen LogP contribution in [0.25, 0.3) is 0 Å². The standard InChI is InChI=1S/C21H39BrN.C6H6O3S/c1-2-3-4-5-6-7-8-9-10-11-12-13-18-23(21-16-17-22)19-14-15-20-23;7-10(8,9)6-4-2-1-3-5-6/h2-15,18-21H2,1H3;1-5H,(H,7,8,9)/q+1;. The van der Waals surface area contributed by atoms with Crippen LogP contribution in [0, 0.1) is 10.8 Å². The molecule has 1 heterocycles. The molecule has 1 aliphatic heterocycles. The zero-order chi connectivity index (χ0) is 24.3. The monoisotopic (exact) mass is 542 g/mol. The summed E-state index contributed by atoms with van der Waals surface area (Å²) >= 11 is 3.25. The van der Waals surface area contributed by atoms with Gasteiger partial charge in [-0.3, -0.25) is 4.55 Å². The van der Waals surface area contributed by atoms with Gasteiger partial charge in [-0.15, -0.1) is 0 Å². The van der Waals surface area contributed by atoms with Crippen molar-refractivity contribution in [2.24, 2.45) is 0 Å². The zero-order valence-corrected chi connectivity index (χ0v) is 23.0. The van der Waals surface area contributed by atoms with E-state index in [9.17, 15) is 8.42 Å². The lowest BCUT2D eigenvalue weighted by molar-refractivity contribution is -0.910. The van der Waals surface area contributed by atoms with E-state index in [1.807, 2.05) is 0 Å². The molecule has 0 radical (unpaired) electrons. The highest BCUT2D eigenvalue weighted by Gasteiger charge is 2.30. The Morgan fingerprint density at radius 3 is 1.76 bits per heavy atom. The molecule has 1 aromatic carbocycles. The van der Waals surface area contributed by atoms with Crippen LogP contribution in [0.3, 0.4) is 0 Å². The molecule has 0 saturated carbocycles. The summed E-state index contributed by atoms with van der Waals surface area (Å²) in [6, 6.07) is 7.42. The Balaban J connectivity index is 0.000000451. The third-order valence-electron chi connectivity index (χ3n) is 6.52. The number of likely N-dealkylation sites (tertiary alicyclic amines) is 1. The van der Waals surface area contributed by atoms with Gasteiger partial charge in [0.2, 0.25) is 0 Å². The number of unbranched alkanes of at least 4 members (excludes halogenated alkanes) is 11. The van der Waals surface area contributed by atoms with Crippen molar-refractivity contribution < 1.29 is 17.5 Å². The SMILES string of the molecule is CCCCCCCCCCCCCC[N+]1(CC#CBr)CCCC1.O=S(=O)(O)c1ccccc1. The van der Waals surface area contributed by atoms with E-state index in [0.717, 1.165) is 6.54 Å². The van der Waals surface area contributed by atoms with Gasteiger partial charge in [-0.05, 0) is 35.7 Å². The van der Waals surface area contributed by atoms with Gasteiger partial charge >= 0.3 is 0 Å². The van der Waals surface area contributed by atoms with E-state index in [1.165, 1.54) is 126 Å². The van der Waals surface area contributed by atoms with Crippen molar-refractivity contribution in [3.8, 4) is 10.8 Å². The molecule has 4 nitrogen and oxygen atoms in total. The summed E-state index contributed by atoms with van der Waals surface area (Å²) in [5.41, 5.74) is 0. The van der Waals surface area contributed by atoms with Crippen molar-refractivity contribution >= 4 is 26.0 Å². The molecule has 0 aromatic heterocycles. The summed E-state index contributed by atoms with van der Waals surface area (Å²) < 4.78 is 30.5. The first-order valence-corrected chi connectivity index (χ1v) is 15.1. The fourth-order valence-electron chi connectivity index (χ4n) is 4.55. The highest BCUT2D eigenvalue weighted by molar-refractivity contribution is 9.12. The maximum atomic E-state index is 10.4. The molecule has 1 aromatic rings. The van der Waals surface area contributed by atoms with E-state index in [0.29, 0.717) is 0 Å². The molecule has 0 bridgehead atoms. The van der Waals surface area contributed by atoms with Gasteiger partial charge in [0.1, 0.15) is 6.54 Å². The Bertz CT molecular complexity index is 766. The van der Waals surface area contributed by atoms with E-state index >= 15 is 0 Å². The van der Waals surface area contributed by atoms with Gasteiger partial charge in [-0.1, -0.05) is 89.3 Å². The van der Waals surface area contributed by atoms with Crippen LogP contribution in [-0.4, -0.2) is 43.6 Å². The number of hydrogen-bond acceptors (Lipinski definition) is 2. The number of halogens is 1. The Morgan fingerprint density at radius 1 is 0.848 bits per heavy atom. The first kappa shape index (κ1) is 30.2. The number of benzene rings is 1. The Morgan fingerprint density at radius 2 is 1.33 bits per heavy atom. The minimum atomic E-state index is -4.00. The van der Waals surface area contributed by atoms with Gasteiger partial charge in [0, 0.05) is 28.8 Å². The highest BCUT2D eigenvalue weighted by Crippen LogP contribution is 2.21. The van der Waals surface area contributed by atoms with E-state index < -0.39 is 10.1 Å². The van der Waals surface area contributed by atoms with E-state index in [4.69, 9.17) is 4.55 Å². The third kappa shape index (κ3) is 14.9. The van der Waals surface area contributed by atoms with Gasteiger partial charge in [-0.2, -0.15) is 8.42 Å². The molecular formula is C27H45BrNO3S+. The summed E-state index contributed by atoms with van der Waals surface area (Å²) in [5.74, 6) is 3.26. The van der Waals surface area contributed by atoms with Crippen LogP contribution in [0.15, 0.2) is 35.2 Å². The van der Waals surface area contributed by atoms with E-state index in [2.05, 4.69) is 33.6 Å². The molecule has 1 N–H and O–H groups in total. The van der Waals surface area contributed by atoms with Crippen molar-refractivity contribution in [2.45, 2.75) is 102 Å². The predicted octanol–water partition coefficient (Wildman–Crippen LogP) is 7.59. The van der Waals surface area contributed by atoms with Gasteiger partial charge in [-0.25, -0.2) is 0 Å². The molecule has 1 fully saturated rings. The minimum absolute atomic E-state index is 0.0741. The van der Waals surface area contributed by atoms with E-state index in [-0.39, 0.29) is 4.90 Å². The fourth-order valence-corrected chi connectivity index (χ4v) is 5.17. The second kappa shape index (κ2) is 18.5. The normalized spacial score (nSPS) is 14.8. The van der Waals surface area contributed by atoms with Crippen LogP contribution in [0.4, 0.5) is 0 Å². The van der Waals surface area contributed by atoms with Crippen LogP contribution in [0.2, 0.25) is 0 Å². The number of nitrogens with zero attached hydrogens (tertiary/aromatic N) is 1. The average Bonchev–Trinajstić information content (AvgIpc) is 3.28. The highest BCUT2D eigenvalue weighted by atomic mass is 79.9. The number of rotatable bonds is 15. The first-order valence-electron chi connectivity index (χ1n) is 12.9. The number of hydrogen-bond donors (Lipinski definition) is 1. The molecule has 2 rings (SSSR count). The molecule has 0 unspecified atom stereocenters. The Labute approximate surface area is 212 Å². The summed E-state index contributed by atoms with van der Waals surface area (Å²) in [5, 5.41) is 0. The maximum Gasteiger partial charge on any atom is 0.294 e. The van der Waals surface area contributed by atoms with Crippen LogP contribution < -0.4 is 0 Å². The third-order valence-corrected chi connectivity index (χ3v) is 7.67. The van der Waals surface area contributed by atoms with Crippen LogP contribution in [-0.2, 0) is 10.1 Å². The molecular weight excluding hydrogens is 498 g/mol. The summed E-state index contributed by atoms with van der Waals surface area (Å²) in [7, 11) is -4.00. The molecule has 0 amide bonds. The molecule has 33 heavy (non-hydrogen) atoms. The molecule has 188 valence electrons. The van der Waals surface area contributed by atoms with Gasteiger partial charge < -0.3 is 4.48 Å². The van der Waals surface area contributed by atoms with Gasteiger partial charge in [0.05, 0.1) is 24.5 Å². The largest absolute Gasteiger partial charge is 0.313 e. The van der Waals surface area contributed by atoms with Crippen molar-refractivity contribution in [1.82, 2.24) is 0 Å². The Hall–Kier alpha value is -0.870. The van der Waals surface area contributed by atoms with Crippen molar-refractivity contribution in [2.75, 3.05) is 26.2 Å². The zero-order valence-electron chi connectivity index (χ0n) is 20.6. The smallest absolute Gasteiger partial charge is 0.294 e. The summed E-state index contributed by atoms with van der Waals surface area (Å²) in [4.78, 5) is 2.84. The topological polar surface area (TPSA) is 54.4 Å². The van der Waals surface area contributed by atoms with Crippen molar-refractivity contribution in [3.05, 3.63) is 30.3 Å². The van der Waals surface area contributed by atoms with Crippen LogP contribution in [0.5, 0.6) is 0 Å². The van der Waals surface area contributed by atoms with Crippen molar-refractivity contribution in [1.29, 1.82) is 0 Å². The van der Waals surface area contributed by atoms with Gasteiger partial charge in [0.25, 0.3) is 10.1 Å². The second-order valence-electron chi connectivity index (χ2n) is 9.33.